The minimum Gasteiger partial charge on any atom is -0.241 e. The minimum absolute atomic E-state index is 0.184. The van der Waals surface area contributed by atoms with E-state index in [-0.39, 0.29) is 10.8 Å². The first kappa shape index (κ1) is 21.4. The first-order valence-corrected chi connectivity index (χ1v) is 15.0. The summed E-state index contributed by atoms with van der Waals surface area (Å²) in [5.74, 6) is 8.54. The van der Waals surface area contributed by atoms with Gasteiger partial charge in [0.15, 0.2) is 5.82 Å². The van der Waals surface area contributed by atoms with Crippen LogP contribution in [-0.2, 0) is 10.8 Å². The molecule has 8 aliphatic rings. The van der Waals surface area contributed by atoms with Gasteiger partial charge in [0.25, 0.3) is 0 Å². The number of hydrogen-bond donors (Lipinski definition) is 0. The Morgan fingerprint density at radius 1 is 0.622 bits per heavy atom. The lowest BCUT2D eigenvalue weighted by atomic mass is 9.49. The van der Waals surface area contributed by atoms with E-state index >= 15 is 0 Å². The largest absolute Gasteiger partial charge is 0.241 e. The van der Waals surface area contributed by atoms with E-state index in [2.05, 4.69) is 29.4 Å². The Labute approximate surface area is 219 Å². The van der Waals surface area contributed by atoms with Crippen molar-refractivity contribution in [3.8, 4) is 17.1 Å². The predicted octanol–water partition coefficient (Wildman–Crippen LogP) is 6.66. The van der Waals surface area contributed by atoms with E-state index in [1.807, 2.05) is 23.1 Å². The van der Waals surface area contributed by atoms with Crippen molar-refractivity contribution in [2.45, 2.75) is 87.9 Å². The summed E-state index contributed by atoms with van der Waals surface area (Å²) < 4.78 is 1.94. The van der Waals surface area contributed by atoms with Crippen LogP contribution >= 0.6 is 0 Å². The Balaban J connectivity index is 1.20. The van der Waals surface area contributed by atoms with E-state index < -0.39 is 0 Å². The average molecular weight is 492 g/mol. The Kier molecular flexibility index (Phi) is 4.34. The summed E-state index contributed by atoms with van der Waals surface area (Å²) in [6.45, 7) is 0. The molecule has 0 amide bonds. The quantitative estimate of drug-likeness (QED) is 0.409. The SMILES string of the molecule is c1cc(-c2nc(C34CC5CC(CC(C5)C3)C4)nc(C34CC5CC(CC(C5)C3)C4)n2)cc(-n2cccn2)c1. The van der Waals surface area contributed by atoms with Crippen LogP contribution in [0.15, 0.2) is 42.7 Å². The fraction of sp³-hybridized carbons (Fsp3) is 0.625. The van der Waals surface area contributed by atoms with Crippen LogP contribution < -0.4 is 0 Å². The molecule has 0 aliphatic heterocycles. The van der Waals surface area contributed by atoms with Crippen LogP contribution in [0.2, 0.25) is 0 Å². The Morgan fingerprint density at radius 2 is 1.14 bits per heavy atom. The van der Waals surface area contributed by atoms with Gasteiger partial charge in [-0.3, -0.25) is 0 Å². The van der Waals surface area contributed by atoms with Gasteiger partial charge in [0.2, 0.25) is 0 Å². The van der Waals surface area contributed by atoms with Crippen LogP contribution in [-0.4, -0.2) is 24.7 Å². The molecule has 0 spiro atoms. The van der Waals surface area contributed by atoms with Gasteiger partial charge in [-0.25, -0.2) is 19.6 Å². The molecule has 8 saturated carbocycles. The molecule has 37 heavy (non-hydrogen) atoms. The van der Waals surface area contributed by atoms with Crippen molar-refractivity contribution in [1.29, 1.82) is 0 Å². The van der Waals surface area contributed by atoms with Crippen molar-refractivity contribution in [3.05, 3.63) is 54.4 Å². The second-order valence-electron chi connectivity index (χ2n) is 14.2. The molecule has 0 radical (unpaired) electrons. The summed E-state index contributed by atoms with van der Waals surface area (Å²) in [6.07, 6.45) is 20.4. The van der Waals surface area contributed by atoms with E-state index in [1.165, 1.54) is 77.0 Å². The topological polar surface area (TPSA) is 56.5 Å². The number of rotatable bonds is 4. The van der Waals surface area contributed by atoms with Gasteiger partial charge >= 0.3 is 0 Å². The molecule has 8 bridgehead atoms. The number of nitrogens with zero attached hydrogens (tertiary/aromatic N) is 5. The van der Waals surface area contributed by atoms with Crippen molar-refractivity contribution < 1.29 is 0 Å². The minimum atomic E-state index is 0.184. The zero-order chi connectivity index (χ0) is 24.2. The summed E-state index contributed by atoms with van der Waals surface area (Å²) >= 11 is 0. The van der Waals surface area contributed by atoms with E-state index in [1.54, 1.807) is 0 Å². The predicted molar refractivity (Wildman–Crippen MR) is 142 cm³/mol. The highest BCUT2D eigenvalue weighted by Crippen LogP contribution is 2.62. The third-order valence-electron chi connectivity index (χ3n) is 11.5. The first-order valence-electron chi connectivity index (χ1n) is 15.0. The summed E-state index contributed by atoms with van der Waals surface area (Å²) in [5.41, 5.74) is 2.54. The van der Waals surface area contributed by atoms with Gasteiger partial charge in [-0.05, 0) is 131 Å². The van der Waals surface area contributed by atoms with Crippen molar-refractivity contribution in [1.82, 2.24) is 24.7 Å². The maximum absolute atomic E-state index is 5.57. The molecule has 5 heteroatoms. The maximum Gasteiger partial charge on any atom is 0.163 e. The van der Waals surface area contributed by atoms with Crippen LogP contribution in [0, 0.1) is 35.5 Å². The fourth-order valence-electron chi connectivity index (χ4n) is 11.0. The van der Waals surface area contributed by atoms with Crippen LogP contribution in [0.5, 0.6) is 0 Å². The van der Waals surface area contributed by atoms with Gasteiger partial charge < -0.3 is 0 Å². The van der Waals surface area contributed by atoms with E-state index in [9.17, 15) is 0 Å². The Bertz CT molecular complexity index is 1220. The molecule has 1 aromatic carbocycles. The van der Waals surface area contributed by atoms with Gasteiger partial charge in [0.1, 0.15) is 11.6 Å². The van der Waals surface area contributed by atoms with Crippen molar-refractivity contribution in [2.24, 2.45) is 35.5 Å². The standard InChI is InChI=1S/C32H37N5/c1-3-26(13-27(4-1)37-6-2-5-33-37)28-34-29(31-14-20-7-21(15-31)9-22(8-20)16-31)36-30(35-28)32-17-23-10-24(18-32)12-25(11-23)19-32/h1-6,13,20-25H,7-12,14-19H2. The summed E-state index contributed by atoms with van der Waals surface area (Å²) in [7, 11) is 0. The van der Waals surface area contributed by atoms with Crippen LogP contribution in [0.4, 0.5) is 0 Å². The van der Waals surface area contributed by atoms with Gasteiger partial charge in [0.05, 0.1) is 5.69 Å². The molecule has 5 nitrogen and oxygen atoms in total. The van der Waals surface area contributed by atoms with Crippen molar-refractivity contribution >= 4 is 0 Å². The van der Waals surface area contributed by atoms with Crippen molar-refractivity contribution in [3.63, 3.8) is 0 Å². The smallest absolute Gasteiger partial charge is 0.163 e. The second-order valence-corrected chi connectivity index (χ2v) is 14.2. The lowest BCUT2D eigenvalue weighted by Crippen LogP contribution is -2.51. The molecule has 3 aromatic rings. The summed E-state index contributed by atoms with van der Waals surface area (Å²) in [5, 5.41) is 4.47. The molecule has 2 aromatic heterocycles. The van der Waals surface area contributed by atoms with Gasteiger partial charge in [0, 0.05) is 28.8 Å². The van der Waals surface area contributed by atoms with Gasteiger partial charge in [-0.1, -0.05) is 12.1 Å². The highest BCUT2D eigenvalue weighted by Gasteiger charge is 2.56. The van der Waals surface area contributed by atoms with Crippen LogP contribution in [0.3, 0.4) is 0 Å². The Morgan fingerprint density at radius 3 is 1.59 bits per heavy atom. The Hall–Kier alpha value is -2.56. The average Bonchev–Trinajstić information content (AvgIpc) is 3.42. The molecule has 11 rings (SSSR count). The van der Waals surface area contributed by atoms with E-state index in [0.717, 1.165) is 64.2 Å². The molecule has 190 valence electrons. The number of benzene rings is 1. The lowest BCUT2D eigenvalue weighted by Gasteiger charge is -2.57. The molecular formula is C32H37N5. The summed E-state index contributed by atoms with van der Waals surface area (Å²) in [6, 6.07) is 10.6. The molecule has 8 fully saturated rings. The van der Waals surface area contributed by atoms with Crippen molar-refractivity contribution in [2.75, 3.05) is 0 Å². The zero-order valence-corrected chi connectivity index (χ0v) is 21.7. The van der Waals surface area contributed by atoms with Gasteiger partial charge in [-0.15, -0.1) is 0 Å². The lowest BCUT2D eigenvalue weighted by molar-refractivity contribution is -0.0155. The van der Waals surface area contributed by atoms with E-state index in [4.69, 9.17) is 15.0 Å². The third-order valence-corrected chi connectivity index (χ3v) is 11.5. The van der Waals surface area contributed by atoms with Crippen LogP contribution in [0.25, 0.3) is 17.1 Å². The highest BCUT2D eigenvalue weighted by atomic mass is 15.3. The molecule has 0 N–H and O–H groups in total. The molecular weight excluding hydrogens is 454 g/mol. The normalized spacial score (nSPS) is 41.0. The molecule has 0 saturated heterocycles. The third kappa shape index (κ3) is 3.28. The number of hydrogen-bond acceptors (Lipinski definition) is 4. The molecule has 8 aliphatic carbocycles. The first-order chi connectivity index (χ1) is 18.1. The molecule has 2 heterocycles. The second kappa shape index (κ2) is 7.51. The maximum atomic E-state index is 5.57. The zero-order valence-electron chi connectivity index (χ0n) is 21.7. The monoisotopic (exact) mass is 491 g/mol. The molecule has 0 unspecified atom stereocenters. The summed E-state index contributed by atoms with van der Waals surface area (Å²) in [4.78, 5) is 16.4. The molecule has 0 atom stereocenters. The fourth-order valence-corrected chi connectivity index (χ4v) is 11.0. The highest BCUT2D eigenvalue weighted by molar-refractivity contribution is 5.59. The van der Waals surface area contributed by atoms with E-state index in [0.29, 0.717) is 0 Å². The number of aromatic nitrogens is 5. The van der Waals surface area contributed by atoms with Crippen LogP contribution in [0.1, 0.15) is 88.7 Å². The van der Waals surface area contributed by atoms with Gasteiger partial charge in [-0.2, -0.15) is 5.10 Å².